The van der Waals surface area contributed by atoms with Gasteiger partial charge in [0.1, 0.15) is 0 Å². The van der Waals surface area contributed by atoms with Crippen molar-refractivity contribution in [2.45, 2.75) is 32.6 Å². The number of para-hydroxylation sites is 1. The minimum Gasteiger partial charge on any atom is -0.311 e. The molecule has 2 unspecified atom stereocenters. The van der Waals surface area contributed by atoms with Crippen molar-refractivity contribution >= 4 is 44.5 Å². The van der Waals surface area contributed by atoms with Crippen molar-refractivity contribution in [3.05, 3.63) is 127 Å². The van der Waals surface area contributed by atoms with Crippen LogP contribution in [-0.2, 0) is 0 Å². The molecule has 0 fully saturated rings. The van der Waals surface area contributed by atoms with Crippen molar-refractivity contribution in [1.82, 2.24) is 9.13 Å². The fourth-order valence-electron chi connectivity index (χ4n) is 7.01. The molecule has 2 aliphatic carbocycles. The lowest BCUT2D eigenvalue weighted by Crippen LogP contribution is -2.08. The molecule has 2 heterocycles. The molecule has 0 spiro atoms. The summed E-state index contributed by atoms with van der Waals surface area (Å²) in [5, 5.41) is 3.97. The normalized spacial score (nSPS) is 18.5. The highest BCUT2D eigenvalue weighted by Gasteiger charge is 2.27. The van der Waals surface area contributed by atoms with Crippen LogP contribution in [0, 0.1) is 5.92 Å². The Labute approximate surface area is 235 Å². The highest BCUT2D eigenvalue weighted by molar-refractivity contribution is 6.20. The molecule has 2 nitrogen and oxygen atoms in total. The van der Waals surface area contributed by atoms with Gasteiger partial charge in [0.05, 0.1) is 16.6 Å². The quantitative estimate of drug-likeness (QED) is 0.221. The first-order valence-electron chi connectivity index (χ1n) is 14.5. The van der Waals surface area contributed by atoms with Crippen LogP contribution in [0.1, 0.15) is 43.9 Å². The molecule has 40 heavy (non-hydrogen) atoms. The Morgan fingerprint density at radius 2 is 1.40 bits per heavy atom. The van der Waals surface area contributed by atoms with E-state index in [0.717, 1.165) is 12.8 Å². The van der Waals surface area contributed by atoms with Gasteiger partial charge in [0.2, 0.25) is 0 Å². The predicted molar refractivity (Wildman–Crippen MR) is 171 cm³/mol. The largest absolute Gasteiger partial charge is 0.311 e. The summed E-state index contributed by atoms with van der Waals surface area (Å²) < 4.78 is 5.13. The summed E-state index contributed by atoms with van der Waals surface area (Å²) in [6, 6.07) is 33.5. The van der Waals surface area contributed by atoms with Crippen LogP contribution >= 0.6 is 0 Å². The first-order chi connectivity index (χ1) is 19.7. The van der Waals surface area contributed by atoms with Crippen LogP contribution in [0.5, 0.6) is 0 Å². The van der Waals surface area contributed by atoms with E-state index in [1.54, 1.807) is 0 Å². The molecule has 2 aliphatic rings. The molecule has 2 atom stereocenters. The maximum Gasteiger partial charge on any atom is 0.0786 e. The Morgan fingerprint density at radius 1 is 0.675 bits per heavy atom. The molecular weight excluding hydrogens is 484 g/mol. The highest BCUT2D eigenvalue weighted by Crippen LogP contribution is 2.45. The van der Waals surface area contributed by atoms with Gasteiger partial charge in [-0.15, -0.1) is 0 Å². The van der Waals surface area contributed by atoms with Crippen molar-refractivity contribution in [2.75, 3.05) is 0 Å². The topological polar surface area (TPSA) is 9.86 Å². The first-order valence-corrected chi connectivity index (χ1v) is 14.5. The molecule has 194 valence electrons. The minimum absolute atomic E-state index is 0.436. The van der Waals surface area contributed by atoms with Gasteiger partial charge in [0, 0.05) is 44.7 Å². The summed E-state index contributed by atoms with van der Waals surface area (Å²) in [6.45, 7) is 4.69. The molecule has 0 N–H and O–H groups in total. The van der Waals surface area contributed by atoms with Crippen LogP contribution < -0.4 is 0 Å². The van der Waals surface area contributed by atoms with Crippen LogP contribution in [0.2, 0.25) is 0 Å². The van der Waals surface area contributed by atoms with Crippen LogP contribution in [0.25, 0.3) is 61.3 Å². The Bertz CT molecular complexity index is 2010. The second kappa shape index (κ2) is 8.99. The zero-order chi connectivity index (χ0) is 26.8. The lowest BCUT2D eigenvalue weighted by molar-refractivity contribution is 0.723. The number of rotatable bonds is 3. The zero-order valence-electron chi connectivity index (χ0n) is 23.0. The van der Waals surface area contributed by atoms with Crippen LogP contribution in [0.15, 0.2) is 115 Å². The number of aromatic nitrogens is 2. The molecular formula is C38H32N2. The van der Waals surface area contributed by atoms with Gasteiger partial charge in [-0.2, -0.15) is 0 Å². The number of nitrogens with zero attached hydrogens (tertiary/aromatic N) is 2. The van der Waals surface area contributed by atoms with E-state index < -0.39 is 0 Å². The van der Waals surface area contributed by atoms with Crippen molar-refractivity contribution < 1.29 is 0 Å². The van der Waals surface area contributed by atoms with E-state index in [0.29, 0.717) is 11.8 Å². The fourth-order valence-corrected chi connectivity index (χ4v) is 7.01. The first kappa shape index (κ1) is 23.3. The van der Waals surface area contributed by atoms with Gasteiger partial charge in [-0.1, -0.05) is 111 Å². The van der Waals surface area contributed by atoms with Gasteiger partial charge in [-0.3, -0.25) is 0 Å². The van der Waals surface area contributed by atoms with E-state index in [4.69, 9.17) is 0 Å². The average molecular weight is 517 g/mol. The summed E-state index contributed by atoms with van der Waals surface area (Å²) in [6.07, 6.45) is 13.7. The molecule has 0 aliphatic heterocycles. The summed E-state index contributed by atoms with van der Waals surface area (Å²) >= 11 is 0. The molecule has 0 saturated carbocycles. The molecule has 2 aromatic heterocycles. The SMILES string of the molecule is CC1C=CC=C(n2c3ccccc3c3ccc4c5c(n(-c6ccc(-c7ccccc7)cc6)c4c32)C(C)CC=C5)C1. The maximum absolute atomic E-state index is 2.58. The summed E-state index contributed by atoms with van der Waals surface area (Å²) in [5.41, 5.74) is 11.8. The van der Waals surface area contributed by atoms with Gasteiger partial charge in [-0.25, -0.2) is 0 Å². The third-order valence-electron chi connectivity index (χ3n) is 8.86. The third kappa shape index (κ3) is 3.42. The Hall–Kier alpha value is -4.56. The molecule has 0 radical (unpaired) electrons. The number of fused-ring (bicyclic) bond motifs is 7. The molecule has 2 heteroatoms. The second-order valence-electron chi connectivity index (χ2n) is 11.5. The molecule has 0 saturated heterocycles. The van der Waals surface area contributed by atoms with Crippen molar-refractivity contribution in [3.8, 4) is 16.8 Å². The number of hydrogen-bond donors (Lipinski definition) is 0. The predicted octanol–water partition coefficient (Wildman–Crippen LogP) is 10.4. The van der Waals surface area contributed by atoms with Gasteiger partial charge in [-0.05, 0) is 54.2 Å². The second-order valence-corrected chi connectivity index (χ2v) is 11.5. The fraction of sp³-hybridized carbons (Fsp3) is 0.158. The maximum atomic E-state index is 2.58. The van der Waals surface area contributed by atoms with E-state index in [1.165, 1.54) is 66.5 Å². The van der Waals surface area contributed by atoms with Crippen LogP contribution in [-0.4, -0.2) is 9.13 Å². The van der Waals surface area contributed by atoms with Gasteiger partial charge >= 0.3 is 0 Å². The smallest absolute Gasteiger partial charge is 0.0786 e. The monoisotopic (exact) mass is 516 g/mol. The van der Waals surface area contributed by atoms with E-state index in [-0.39, 0.29) is 0 Å². The minimum atomic E-state index is 0.436. The molecule has 0 bridgehead atoms. The highest BCUT2D eigenvalue weighted by atomic mass is 15.1. The third-order valence-corrected chi connectivity index (χ3v) is 8.86. The Balaban J connectivity index is 1.49. The lowest BCUT2D eigenvalue weighted by Gasteiger charge is -2.21. The van der Waals surface area contributed by atoms with E-state index in [2.05, 4.69) is 144 Å². The summed E-state index contributed by atoms with van der Waals surface area (Å²) in [4.78, 5) is 0. The molecule has 0 amide bonds. The number of hydrogen-bond acceptors (Lipinski definition) is 0. The van der Waals surface area contributed by atoms with Crippen LogP contribution in [0.3, 0.4) is 0 Å². The van der Waals surface area contributed by atoms with Crippen molar-refractivity contribution in [1.29, 1.82) is 0 Å². The summed E-state index contributed by atoms with van der Waals surface area (Å²) in [5.74, 6) is 0.954. The van der Waals surface area contributed by atoms with Crippen LogP contribution in [0.4, 0.5) is 0 Å². The lowest BCUT2D eigenvalue weighted by atomic mass is 9.93. The molecule has 4 aromatic carbocycles. The number of allylic oxidation sites excluding steroid dienone is 5. The summed E-state index contributed by atoms with van der Waals surface area (Å²) in [7, 11) is 0. The van der Waals surface area contributed by atoms with E-state index in [9.17, 15) is 0 Å². The van der Waals surface area contributed by atoms with Crippen molar-refractivity contribution in [2.24, 2.45) is 5.92 Å². The number of benzene rings is 4. The van der Waals surface area contributed by atoms with Gasteiger partial charge in [0.25, 0.3) is 0 Å². The standard InChI is InChI=1S/C38H32N2/c1-25-10-8-14-30(24-25)39-35-17-7-6-15-31(35)33-22-23-34-32-16-9-11-26(2)36(32)40(38(34)37(33)39)29-20-18-28(19-21-29)27-12-4-3-5-13-27/h3-10,12-23,25-26H,11,24H2,1-2H3. The van der Waals surface area contributed by atoms with E-state index in [1.807, 2.05) is 0 Å². The van der Waals surface area contributed by atoms with E-state index >= 15 is 0 Å². The average Bonchev–Trinajstić information content (AvgIpc) is 3.52. The van der Waals surface area contributed by atoms with Gasteiger partial charge < -0.3 is 9.13 Å². The Kier molecular flexibility index (Phi) is 5.25. The molecule has 8 rings (SSSR count). The Morgan fingerprint density at radius 3 is 2.23 bits per heavy atom. The zero-order valence-corrected chi connectivity index (χ0v) is 23.0. The molecule has 6 aromatic rings. The van der Waals surface area contributed by atoms with Crippen molar-refractivity contribution in [3.63, 3.8) is 0 Å². The van der Waals surface area contributed by atoms with Gasteiger partial charge in [0.15, 0.2) is 0 Å².